The summed E-state index contributed by atoms with van der Waals surface area (Å²) in [5, 5.41) is 0. The molecular formula is C12H14N6O2. The van der Waals surface area contributed by atoms with Crippen LogP contribution in [-0.4, -0.2) is 23.0 Å². The molecule has 0 aliphatic heterocycles. The van der Waals surface area contributed by atoms with E-state index in [1.165, 1.54) is 6.33 Å². The molecule has 0 atom stereocenters. The van der Waals surface area contributed by atoms with Gasteiger partial charge in [-0.1, -0.05) is 0 Å². The number of aromatic nitrogens is 2. The number of anilines is 3. The molecule has 0 fully saturated rings. The number of ether oxygens (including phenoxy) is 1. The van der Waals surface area contributed by atoms with E-state index < -0.39 is 0 Å². The molecule has 0 unspecified atom stereocenters. The standard InChI is InChI=1S/C12H14N6O2/c1-20-8-4-2-7(3-5-8)12(19)18-17-11-9(13)10(14)15-6-16-11/h2-6H,13H2,1H3,(H,18,19)(H3,14,15,16,17). The predicted molar refractivity (Wildman–Crippen MR) is 74.9 cm³/mol. The van der Waals surface area contributed by atoms with Crippen LogP contribution < -0.4 is 27.1 Å². The lowest BCUT2D eigenvalue weighted by Crippen LogP contribution is -2.30. The summed E-state index contributed by atoms with van der Waals surface area (Å²) in [6, 6.07) is 6.64. The number of carbonyl (C=O) groups excluding carboxylic acids is 1. The lowest BCUT2D eigenvalue weighted by atomic mass is 10.2. The largest absolute Gasteiger partial charge is 0.497 e. The highest BCUT2D eigenvalue weighted by Gasteiger charge is 2.08. The molecule has 0 radical (unpaired) electrons. The van der Waals surface area contributed by atoms with Crippen molar-refractivity contribution in [2.24, 2.45) is 0 Å². The van der Waals surface area contributed by atoms with Crippen molar-refractivity contribution >= 4 is 23.2 Å². The van der Waals surface area contributed by atoms with Crippen molar-refractivity contribution in [1.82, 2.24) is 15.4 Å². The van der Waals surface area contributed by atoms with Gasteiger partial charge in [0.05, 0.1) is 7.11 Å². The number of nitrogen functional groups attached to an aromatic ring is 2. The smallest absolute Gasteiger partial charge is 0.269 e. The lowest BCUT2D eigenvalue weighted by molar-refractivity contribution is 0.0962. The topological polar surface area (TPSA) is 128 Å². The van der Waals surface area contributed by atoms with Crippen LogP contribution in [-0.2, 0) is 0 Å². The summed E-state index contributed by atoms with van der Waals surface area (Å²) in [7, 11) is 1.55. The summed E-state index contributed by atoms with van der Waals surface area (Å²) in [6.45, 7) is 0. The van der Waals surface area contributed by atoms with Crippen molar-refractivity contribution in [3.05, 3.63) is 36.2 Å². The van der Waals surface area contributed by atoms with E-state index in [1.54, 1.807) is 31.4 Å². The summed E-state index contributed by atoms with van der Waals surface area (Å²) < 4.78 is 5.01. The van der Waals surface area contributed by atoms with Crippen molar-refractivity contribution in [1.29, 1.82) is 0 Å². The number of nitrogens with zero attached hydrogens (tertiary/aromatic N) is 2. The van der Waals surface area contributed by atoms with Gasteiger partial charge < -0.3 is 16.2 Å². The number of nitrogens with two attached hydrogens (primary N) is 2. The molecule has 2 aromatic rings. The third-order valence-corrected chi connectivity index (χ3v) is 2.56. The summed E-state index contributed by atoms with van der Waals surface area (Å²) in [5.74, 6) is 0.701. The quantitative estimate of drug-likeness (QED) is 0.594. The van der Waals surface area contributed by atoms with Gasteiger partial charge in [0.2, 0.25) is 0 Å². The number of hydrazine groups is 1. The Hall–Kier alpha value is -3.03. The Balaban J connectivity index is 2.02. The fraction of sp³-hybridized carbons (Fsp3) is 0.0833. The average molecular weight is 274 g/mol. The second-order valence-corrected chi connectivity index (χ2v) is 3.83. The van der Waals surface area contributed by atoms with Crippen molar-refractivity contribution < 1.29 is 9.53 Å². The summed E-state index contributed by atoms with van der Waals surface area (Å²) >= 11 is 0. The number of amides is 1. The molecule has 20 heavy (non-hydrogen) atoms. The number of rotatable bonds is 4. The van der Waals surface area contributed by atoms with Crippen molar-refractivity contribution in [2.75, 3.05) is 24.0 Å². The molecule has 0 saturated heterocycles. The molecule has 0 bridgehead atoms. The molecule has 0 spiro atoms. The normalized spacial score (nSPS) is 9.85. The van der Waals surface area contributed by atoms with Crippen LogP contribution in [0.2, 0.25) is 0 Å². The molecule has 0 saturated carbocycles. The molecule has 1 aromatic heterocycles. The maximum atomic E-state index is 11.9. The predicted octanol–water partition coefficient (Wildman–Crippen LogP) is 0.406. The number of hydrogen-bond acceptors (Lipinski definition) is 7. The first-order valence-corrected chi connectivity index (χ1v) is 5.68. The van der Waals surface area contributed by atoms with E-state index in [1.807, 2.05) is 0 Å². The molecule has 0 aliphatic carbocycles. The van der Waals surface area contributed by atoms with Gasteiger partial charge in [0.15, 0.2) is 11.6 Å². The third kappa shape index (κ3) is 2.86. The monoisotopic (exact) mass is 274 g/mol. The summed E-state index contributed by atoms with van der Waals surface area (Å²) in [5.41, 5.74) is 16.9. The van der Waals surface area contributed by atoms with Crippen LogP contribution in [0.1, 0.15) is 10.4 Å². The molecular weight excluding hydrogens is 260 g/mol. The van der Waals surface area contributed by atoms with E-state index >= 15 is 0 Å². The number of methoxy groups -OCH3 is 1. The second-order valence-electron chi connectivity index (χ2n) is 3.83. The van der Waals surface area contributed by atoms with Gasteiger partial charge in [-0.25, -0.2) is 9.97 Å². The maximum Gasteiger partial charge on any atom is 0.269 e. The summed E-state index contributed by atoms with van der Waals surface area (Å²) in [4.78, 5) is 19.5. The fourth-order valence-electron chi connectivity index (χ4n) is 1.44. The first-order chi connectivity index (χ1) is 9.61. The van der Waals surface area contributed by atoms with Crippen molar-refractivity contribution in [2.45, 2.75) is 0 Å². The van der Waals surface area contributed by atoms with E-state index in [9.17, 15) is 4.79 Å². The van der Waals surface area contributed by atoms with Crippen LogP contribution in [0.25, 0.3) is 0 Å². The number of carbonyl (C=O) groups is 1. The Morgan fingerprint density at radius 2 is 1.90 bits per heavy atom. The SMILES string of the molecule is COc1ccc(C(=O)NNc2ncnc(N)c2N)cc1. The summed E-state index contributed by atoms with van der Waals surface area (Å²) in [6.07, 6.45) is 1.24. The molecule has 104 valence electrons. The van der Waals surface area contributed by atoms with Gasteiger partial charge >= 0.3 is 0 Å². The van der Waals surface area contributed by atoms with Crippen molar-refractivity contribution in [3.63, 3.8) is 0 Å². The van der Waals surface area contributed by atoms with E-state index in [4.69, 9.17) is 16.2 Å². The molecule has 2 rings (SSSR count). The molecule has 1 heterocycles. The minimum absolute atomic E-state index is 0.140. The second kappa shape index (κ2) is 5.74. The van der Waals surface area contributed by atoms with Crippen LogP contribution in [0, 0.1) is 0 Å². The van der Waals surface area contributed by atoms with Crippen LogP contribution in [0.15, 0.2) is 30.6 Å². The van der Waals surface area contributed by atoms with E-state index in [2.05, 4.69) is 20.8 Å². The molecule has 0 aliphatic rings. The molecule has 1 amide bonds. The van der Waals surface area contributed by atoms with Crippen LogP contribution in [0.3, 0.4) is 0 Å². The maximum absolute atomic E-state index is 11.9. The molecule has 8 nitrogen and oxygen atoms in total. The minimum Gasteiger partial charge on any atom is -0.497 e. The first-order valence-electron chi connectivity index (χ1n) is 5.68. The highest BCUT2D eigenvalue weighted by atomic mass is 16.5. The number of benzene rings is 1. The molecule has 6 N–H and O–H groups in total. The van der Waals surface area contributed by atoms with Crippen LogP contribution >= 0.6 is 0 Å². The van der Waals surface area contributed by atoms with Gasteiger partial charge in [0, 0.05) is 5.56 Å². The van der Waals surface area contributed by atoms with Gasteiger partial charge in [0.25, 0.3) is 5.91 Å². The van der Waals surface area contributed by atoms with Crippen molar-refractivity contribution in [3.8, 4) is 5.75 Å². The lowest BCUT2D eigenvalue weighted by Gasteiger charge is -2.10. The van der Waals surface area contributed by atoms with Crippen LogP contribution in [0.4, 0.5) is 17.3 Å². The van der Waals surface area contributed by atoms with Gasteiger partial charge in [-0.3, -0.25) is 15.6 Å². The Labute approximate surface area is 115 Å². The zero-order valence-corrected chi connectivity index (χ0v) is 10.8. The van der Waals surface area contributed by atoms with Gasteiger partial charge in [0.1, 0.15) is 17.8 Å². The highest BCUT2D eigenvalue weighted by Crippen LogP contribution is 2.18. The Kier molecular flexibility index (Phi) is 3.85. The van der Waals surface area contributed by atoms with Gasteiger partial charge in [-0.2, -0.15) is 0 Å². The third-order valence-electron chi connectivity index (χ3n) is 2.56. The molecule has 8 heteroatoms. The van der Waals surface area contributed by atoms with E-state index in [-0.39, 0.29) is 23.2 Å². The first kappa shape index (κ1) is 13.4. The average Bonchev–Trinajstić information content (AvgIpc) is 2.48. The van der Waals surface area contributed by atoms with Gasteiger partial charge in [-0.15, -0.1) is 0 Å². The Morgan fingerprint density at radius 3 is 2.55 bits per heavy atom. The van der Waals surface area contributed by atoms with E-state index in [0.717, 1.165) is 0 Å². The number of nitrogens with one attached hydrogen (secondary N) is 2. The minimum atomic E-state index is -0.343. The van der Waals surface area contributed by atoms with Gasteiger partial charge in [-0.05, 0) is 24.3 Å². The van der Waals surface area contributed by atoms with Crippen LogP contribution in [0.5, 0.6) is 5.75 Å². The molecule has 1 aromatic carbocycles. The highest BCUT2D eigenvalue weighted by molar-refractivity contribution is 5.95. The Bertz CT molecular complexity index is 614. The fourth-order valence-corrected chi connectivity index (χ4v) is 1.44. The zero-order chi connectivity index (χ0) is 14.5. The Morgan fingerprint density at radius 1 is 1.20 bits per heavy atom. The van der Waals surface area contributed by atoms with E-state index in [0.29, 0.717) is 11.3 Å². The number of hydrogen-bond donors (Lipinski definition) is 4. The zero-order valence-electron chi connectivity index (χ0n) is 10.8.